The van der Waals surface area contributed by atoms with Crippen LogP contribution < -0.4 is 21.1 Å². The predicted octanol–water partition coefficient (Wildman–Crippen LogP) is -2.36. The number of aliphatic hydroxyl groups is 3. The molecule has 1 fully saturated rings. The third kappa shape index (κ3) is 4.94. The number of carbonyl (C=O) groups is 3. The first-order valence-corrected chi connectivity index (χ1v) is 8.26. The molecule has 27 heavy (non-hydrogen) atoms. The summed E-state index contributed by atoms with van der Waals surface area (Å²) >= 11 is 0. The molecule has 0 aliphatic heterocycles. The number of hydrogen-bond donors (Lipinski definition) is 6. The van der Waals surface area contributed by atoms with Gasteiger partial charge in [-0.25, -0.2) is 0 Å². The van der Waals surface area contributed by atoms with E-state index in [0.717, 1.165) is 0 Å². The van der Waals surface area contributed by atoms with E-state index in [1.54, 1.807) is 12.1 Å². The second-order valence-electron chi connectivity index (χ2n) is 6.46. The van der Waals surface area contributed by atoms with Gasteiger partial charge in [-0.05, 0) is 24.3 Å². The third-order valence-corrected chi connectivity index (χ3v) is 4.43. The zero-order valence-corrected chi connectivity index (χ0v) is 14.7. The highest BCUT2D eigenvalue weighted by molar-refractivity contribution is 5.95. The van der Waals surface area contributed by atoms with Crippen LogP contribution >= 0.6 is 0 Å². The Hall–Kier alpha value is -2.69. The minimum Gasteiger partial charge on any atom is -0.497 e. The molecule has 1 aliphatic carbocycles. The molecule has 0 spiro atoms. The summed E-state index contributed by atoms with van der Waals surface area (Å²) in [4.78, 5) is 35.3. The Morgan fingerprint density at radius 1 is 1.22 bits per heavy atom. The predicted molar refractivity (Wildman–Crippen MR) is 92.6 cm³/mol. The first-order chi connectivity index (χ1) is 12.7. The molecule has 0 aromatic heterocycles. The summed E-state index contributed by atoms with van der Waals surface area (Å²) in [6, 6.07) is 5.08. The van der Waals surface area contributed by atoms with E-state index >= 15 is 0 Å². The van der Waals surface area contributed by atoms with Gasteiger partial charge in [0.05, 0.1) is 25.8 Å². The minimum absolute atomic E-state index is 0.268. The van der Waals surface area contributed by atoms with Crippen LogP contribution in [-0.2, 0) is 9.59 Å². The van der Waals surface area contributed by atoms with Gasteiger partial charge in [0.1, 0.15) is 17.5 Å². The van der Waals surface area contributed by atoms with E-state index in [4.69, 9.17) is 10.5 Å². The monoisotopic (exact) mass is 381 g/mol. The van der Waals surface area contributed by atoms with Crippen LogP contribution in [-0.4, -0.2) is 70.5 Å². The summed E-state index contributed by atoms with van der Waals surface area (Å²) in [6.07, 6.45) is -3.63. The minimum atomic E-state index is -2.08. The zero-order chi connectivity index (χ0) is 20.2. The molecule has 0 heterocycles. The largest absolute Gasteiger partial charge is 0.497 e. The number of methoxy groups -OCH3 is 1. The molecule has 10 nitrogen and oxygen atoms in total. The van der Waals surface area contributed by atoms with Crippen LogP contribution in [0.1, 0.15) is 23.2 Å². The molecule has 1 aliphatic rings. The number of nitrogens with two attached hydrogens (primary N) is 1. The van der Waals surface area contributed by atoms with Crippen LogP contribution in [0.3, 0.4) is 0 Å². The number of carbonyl (C=O) groups excluding carboxylic acids is 3. The smallest absolute Gasteiger partial charge is 0.252 e. The van der Waals surface area contributed by atoms with Gasteiger partial charge in [0.25, 0.3) is 11.8 Å². The fourth-order valence-corrected chi connectivity index (χ4v) is 2.95. The highest BCUT2D eigenvalue weighted by Gasteiger charge is 2.49. The second kappa shape index (κ2) is 8.33. The molecule has 0 bridgehead atoms. The number of aliphatic hydroxyl groups excluding tert-OH is 2. The second-order valence-corrected chi connectivity index (χ2v) is 6.46. The average molecular weight is 381 g/mol. The lowest BCUT2D eigenvalue weighted by atomic mass is 9.77. The topological polar surface area (TPSA) is 171 Å². The SMILES string of the molecule is COc1ccc(C(=O)N[C@H]2C[C@@](O)(C(=O)NCC(N)=O)C[C@@H](O)[C@@H]2O)cc1. The zero-order valence-electron chi connectivity index (χ0n) is 14.7. The summed E-state index contributed by atoms with van der Waals surface area (Å²) < 4.78 is 5.01. The van der Waals surface area contributed by atoms with Crippen LogP contribution in [0.15, 0.2) is 24.3 Å². The Kier molecular flexibility index (Phi) is 6.37. The Balaban J connectivity index is 2.10. The number of hydrogen-bond acceptors (Lipinski definition) is 7. The van der Waals surface area contributed by atoms with Gasteiger partial charge in [0.15, 0.2) is 0 Å². The number of benzene rings is 1. The molecule has 7 N–H and O–H groups in total. The molecule has 148 valence electrons. The third-order valence-electron chi connectivity index (χ3n) is 4.43. The molecule has 10 heteroatoms. The quantitative estimate of drug-likeness (QED) is 0.320. The van der Waals surface area contributed by atoms with Crippen LogP contribution in [0.25, 0.3) is 0 Å². The summed E-state index contributed by atoms with van der Waals surface area (Å²) in [5.41, 5.74) is 3.14. The van der Waals surface area contributed by atoms with E-state index in [1.165, 1.54) is 19.2 Å². The highest BCUT2D eigenvalue weighted by atomic mass is 16.5. The number of ether oxygens (including phenoxy) is 1. The van der Waals surface area contributed by atoms with Crippen LogP contribution in [0.4, 0.5) is 0 Å². The normalized spacial score (nSPS) is 27.5. The maximum Gasteiger partial charge on any atom is 0.252 e. The van der Waals surface area contributed by atoms with E-state index < -0.39 is 54.5 Å². The molecular formula is C17H23N3O7. The van der Waals surface area contributed by atoms with Gasteiger partial charge in [-0.2, -0.15) is 0 Å². The van der Waals surface area contributed by atoms with Gasteiger partial charge in [0.2, 0.25) is 5.91 Å². The van der Waals surface area contributed by atoms with Gasteiger partial charge < -0.3 is 36.4 Å². The molecule has 3 amide bonds. The van der Waals surface area contributed by atoms with Crippen molar-refractivity contribution in [2.45, 2.75) is 36.7 Å². The molecule has 0 saturated heterocycles. The summed E-state index contributed by atoms with van der Waals surface area (Å²) in [5, 5.41) is 35.4. The maximum atomic E-state index is 12.4. The standard InChI is InChI=1S/C17H23N3O7/c1-27-10-4-2-9(3-5-10)15(24)20-11-6-17(26,7-12(21)14(11)23)16(25)19-8-13(18)22/h2-5,11-12,14,21,23,26H,6-8H2,1H3,(H2,18,22)(H,19,25)(H,20,24)/t11-,12+,14+,17-/m0/s1. The van der Waals surface area contributed by atoms with Crippen LogP contribution in [0, 0.1) is 0 Å². The van der Waals surface area contributed by atoms with Gasteiger partial charge in [-0.1, -0.05) is 0 Å². The Bertz CT molecular complexity index is 709. The van der Waals surface area contributed by atoms with E-state index in [1.807, 2.05) is 0 Å². The lowest BCUT2D eigenvalue weighted by Gasteiger charge is -2.41. The number of amides is 3. The highest BCUT2D eigenvalue weighted by Crippen LogP contribution is 2.30. The summed E-state index contributed by atoms with van der Waals surface area (Å²) in [5.74, 6) is -1.72. The van der Waals surface area contributed by atoms with Crippen molar-refractivity contribution in [3.8, 4) is 5.75 Å². The molecule has 0 unspecified atom stereocenters. The van der Waals surface area contributed by atoms with Crippen molar-refractivity contribution in [1.29, 1.82) is 0 Å². The van der Waals surface area contributed by atoms with E-state index in [-0.39, 0.29) is 12.0 Å². The lowest BCUT2D eigenvalue weighted by Crippen LogP contribution is -2.63. The van der Waals surface area contributed by atoms with E-state index in [0.29, 0.717) is 5.75 Å². The molecule has 1 aromatic rings. The molecular weight excluding hydrogens is 358 g/mol. The van der Waals surface area contributed by atoms with Crippen molar-refractivity contribution in [3.63, 3.8) is 0 Å². The van der Waals surface area contributed by atoms with Crippen molar-refractivity contribution in [2.24, 2.45) is 5.73 Å². The van der Waals surface area contributed by atoms with Crippen LogP contribution in [0.5, 0.6) is 5.75 Å². The fourth-order valence-electron chi connectivity index (χ4n) is 2.95. The maximum absolute atomic E-state index is 12.4. The van der Waals surface area contributed by atoms with Crippen molar-refractivity contribution < 1.29 is 34.4 Å². The molecule has 4 atom stereocenters. The van der Waals surface area contributed by atoms with E-state index in [2.05, 4.69) is 10.6 Å². The van der Waals surface area contributed by atoms with Crippen LogP contribution in [0.2, 0.25) is 0 Å². The number of primary amides is 1. The summed E-state index contributed by atoms with van der Waals surface area (Å²) in [7, 11) is 1.49. The first-order valence-electron chi connectivity index (χ1n) is 8.26. The number of rotatable bonds is 6. The molecule has 0 radical (unpaired) electrons. The average Bonchev–Trinajstić information content (AvgIpc) is 2.63. The van der Waals surface area contributed by atoms with Crippen molar-refractivity contribution >= 4 is 17.7 Å². The van der Waals surface area contributed by atoms with Gasteiger partial charge in [-0.3, -0.25) is 14.4 Å². The van der Waals surface area contributed by atoms with Gasteiger partial charge >= 0.3 is 0 Å². The van der Waals surface area contributed by atoms with E-state index in [9.17, 15) is 29.7 Å². The number of nitrogens with one attached hydrogen (secondary N) is 2. The van der Waals surface area contributed by atoms with Crippen molar-refractivity contribution in [3.05, 3.63) is 29.8 Å². The lowest BCUT2D eigenvalue weighted by molar-refractivity contribution is -0.158. The Morgan fingerprint density at radius 3 is 2.41 bits per heavy atom. The fraction of sp³-hybridized carbons (Fsp3) is 0.471. The van der Waals surface area contributed by atoms with Crippen molar-refractivity contribution in [1.82, 2.24) is 10.6 Å². The molecule has 2 rings (SSSR count). The molecule has 1 aromatic carbocycles. The van der Waals surface area contributed by atoms with Crippen molar-refractivity contribution in [2.75, 3.05) is 13.7 Å². The van der Waals surface area contributed by atoms with Gasteiger partial charge in [0, 0.05) is 18.4 Å². The Morgan fingerprint density at radius 2 is 1.85 bits per heavy atom. The molecule has 1 saturated carbocycles. The summed E-state index contributed by atoms with van der Waals surface area (Å²) in [6.45, 7) is -0.483. The van der Waals surface area contributed by atoms with Gasteiger partial charge in [-0.15, -0.1) is 0 Å². The Labute approximate surface area is 155 Å². The first kappa shape index (κ1) is 20.6.